The van der Waals surface area contributed by atoms with E-state index in [1.54, 1.807) is 13.0 Å². The van der Waals surface area contributed by atoms with Crippen LogP contribution < -0.4 is 0 Å². The smallest absolute Gasteiger partial charge is 0.131 e. The Hall–Kier alpha value is -2.08. The van der Waals surface area contributed by atoms with Crippen LogP contribution in [0.15, 0.2) is 24.3 Å². The van der Waals surface area contributed by atoms with Gasteiger partial charge in [-0.15, -0.1) is 0 Å². The highest BCUT2D eigenvalue weighted by atomic mass is 19.1. The van der Waals surface area contributed by atoms with Gasteiger partial charge in [-0.2, -0.15) is 5.26 Å². The van der Waals surface area contributed by atoms with E-state index in [1.165, 1.54) is 18.2 Å². The summed E-state index contributed by atoms with van der Waals surface area (Å²) in [5, 5.41) is 19.1. The van der Waals surface area contributed by atoms with Gasteiger partial charge in [0.1, 0.15) is 11.6 Å². The van der Waals surface area contributed by atoms with E-state index in [0.717, 1.165) is 5.56 Å². The number of phenols is 1. The number of benzene rings is 2. The first kappa shape index (κ1) is 9.47. The van der Waals surface area contributed by atoms with Gasteiger partial charge in [0.2, 0.25) is 0 Å². The number of rotatable bonds is 0. The van der Waals surface area contributed by atoms with E-state index in [2.05, 4.69) is 0 Å². The molecule has 0 spiro atoms. The summed E-state index contributed by atoms with van der Waals surface area (Å²) in [7, 11) is 0. The number of aromatic hydroxyl groups is 1. The van der Waals surface area contributed by atoms with Crippen LogP contribution in [0.25, 0.3) is 10.8 Å². The summed E-state index contributed by atoms with van der Waals surface area (Å²) in [6, 6.07) is 7.60. The van der Waals surface area contributed by atoms with Crippen LogP contribution in [0.3, 0.4) is 0 Å². The average Bonchev–Trinajstić information content (AvgIpc) is 2.23. The maximum atomic E-state index is 13.4. The van der Waals surface area contributed by atoms with E-state index < -0.39 is 5.82 Å². The zero-order valence-electron chi connectivity index (χ0n) is 8.08. The van der Waals surface area contributed by atoms with Crippen molar-refractivity contribution in [2.75, 3.05) is 0 Å². The van der Waals surface area contributed by atoms with Gasteiger partial charge in [-0.3, -0.25) is 0 Å². The second kappa shape index (κ2) is 3.25. The fourth-order valence-electron chi connectivity index (χ4n) is 1.67. The summed E-state index contributed by atoms with van der Waals surface area (Å²) in [6.45, 7) is 1.79. The van der Waals surface area contributed by atoms with E-state index >= 15 is 0 Å². The maximum Gasteiger partial charge on any atom is 0.131 e. The molecule has 74 valence electrons. The Morgan fingerprint density at radius 2 is 2.07 bits per heavy atom. The third kappa shape index (κ3) is 1.40. The van der Waals surface area contributed by atoms with E-state index in [4.69, 9.17) is 5.26 Å². The molecule has 1 N–H and O–H groups in total. The average molecular weight is 201 g/mol. The predicted octanol–water partition coefficient (Wildman–Crippen LogP) is 2.86. The fraction of sp³-hybridized carbons (Fsp3) is 0.0833. The minimum absolute atomic E-state index is 0.0546. The van der Waals surface area contributed by atoms with E-state index in [9.17, 15) is 9.50 Å². The lowest BCUT2D eigenvalue weighted by Crippen LogP contribution is -1.86. The molecule has 0 heterocycles. The van der Waals surface area contributed by atoms with Crippen molar-refractivity contribution < 1.29 is 9.50 Å². The molecule has 0 atom stereocenters. The minimum atomic E-state index is -0.428. The van der Waals surface area contributed by atoms with Crippen molar-refractivity contribution in [2.24, 2.45) is 0 Å². The topological polar surface area (TPSA) is 44.0 Å². The van der Waals surface area contributed by atoms with Crippen molar-refractivity contribution in [3.63, 3.8) is 0 Å². The van der Waals surface area contributed by atoms with Gasteiger partial charge in [-0.25, -0.2) is 4.39 Å². The molecule has 0 saturated heterocycles. The largest absolute Gasteiger partial charge is 0.507 e. The minimum Gasteiger partial charge on any atom is -0.507 e. The van der Waals surface area contributed by atoms with Crippen LogP contribution in [-0.4, -0.2) is 5.11 Å². The Morgan fingerprint density at radius 1 is 1.33 bits per heavy atom. The molecule has 0 aliphatic heterocycles. The van der Waals surface area contributed by atoms with E-state index in [0.29, 0.717) is 5.39 Å². The number of hydrogen-bond acceptors (Lipinski definition) is 2. The monoisotopic (exact) mass is 201 g/mol. The van der Waals surface area contributed by atoms with Gasteiger partial charge in [0.25, 0.3) is 0 Å². The third-order valence-electron chi connectivity index (χ3n) is 2.38. The van der Waals surface area contributed by atoms with Gasteiger partial charge in [0, 0.05) is 10.8 Å². The van der Waals surface area contributed by atoms with Crippen molar-refractivity contribution in [3.05, 3.63) is 41.2 Å². The molecule has 0 saturated carbocycles. The highest BCUT2D eigenvalue weighted by molar-refractivity contribution is 5.92. The lowest BCUT2D eigenvalue weighted by Gasteiger charge is -2.06. The Labute approximate surface area is 86.2 Å². The van der Waals surface area contributed by atoms with Crippen LogP contribution in [0, 0.1) is 24.1 Å². The van der Waals surface area contributed by atoms with Crippen LogP contribution in [0.4, 0.5) is 4.39 Å². The first-order valence-electron chi connectivity index (χ1n) is 4.45. The molecule has 0 amide bonds. The molecule has 0 aliphatic carbocycles. The summed E-state index contributed by atoms with van der Waals surface area (Å²) < 4.78 is 13.4. The number of aryl methyl sites for hydroxylation is 1. The van der Waals surface area contributed by atoms with Crippen LogP contribution in [0.5, 0.6) is 5.75 Å². The molecule has 3 heteroatoms. The van der Waals surface area contributed by atoms with Gasteiger partial charge in [-0.05, 0) is 30.7 Å². The summed E-state index contributed by atoms with van der Waals surface area (Å²) in [6.07, 6.45) is 0. The predicted molar refractivity (Wildman–Crippen MR) is 55.0 cm³/mol. The molecule has 0 fully saturated rings. The zero-order valence-corrected chi connectivity index (χ0v) is 8.08. The number of hydrogen-bond donors (Lipinski definition) is 1. The van der Waals surface area contributed by atoms with Crippen LogP contribution in [0.1, 0.15) is 11.1 Å². The Balaban J connectivity index is 2.98. The molecule has 2 nitrogen and oxygen atoms in total. The summed E-state index contributed by atoms with van der Waals surface area (Å²) >= 11 is 0. The molecule has 0 radical (unpaired) electrons. The molecule has 2 aromatic rings. The van der Waals surface area contributed by atoms with E-state index in [1.807, 2.05) is 6.07 Å². The Bertz CT molecular complexity index is 584. The van der Waals surface area contributed by atoms with Gasteiger partial charge in [-0.1, -0.05) is 6.07 Å². The number of phenolic OH excluding ortho intramolecular Hbond substituents is 1. The Morgan fingerprint density at radius 3 is 2.73 bits per heavy atom. The molecule has 0 bridgehead atoms. The molecule has 15 heavy (non-hydrogen) atoms. The lowest BCUT2D eigenvalue weighted by atomic mass is 10.0. The first-order valence-corrected chi connectivity index (χ1v) is 4.45. The first-order chi connectivity index (χ1) is 7.13. The van der Waals surface area contributed by atoms with Crippen molar-refractivity contribution in [2.45, 2.75) is 6.92 Å². The van der Waals surface area contributed by atoms with E-state index in [-0.39, 0.29) is 16.7 Å². The highest BCUT2D eigenvalue weighted by Crippen LogP contribution is 2.30. The van der Waals surface area contributed by atoms with Crippen molar-refractivity contribution in [3.8, 4) is 11.8 Å². The standard InChI is InChI=1S/C12H8FNO/c1-7-2-3-10(13)9-4-8(6-14)5-11(15)12(7)9/h2-5,15H,1H3. The normalized spacial score (nSPS) is 10.2. The number of halogens is 1. The van der Waals surface area contributed by atoms with Crippen molar-refractivity contribution >= 4 is 10.8 Å². The van der Waals surface area contributed by atoms with Crippen molar-refractivity contribution in [1.29, 1.82) is 5.26 Å². The van der Waals surface area contributed by atoms with Crippen LogP contribution in [0.2, 0.25) is 0 Å². The molecule has 2 rings (SSSR count). The molecule has 0 aliphatic rings. The second-order valence-corrected chi connectivity index (χ2v) is 3.39. The zero-order chi connectivity index (χ0) is 11.0. The SMILES string of the molecule is Cc1ccc(F)c2cc(C#N)cc(O)c12. The van der Waals surface area contributed by atoms with Gasteiger partial charge < -0.3 is 5.11 Å². The van der Waals surface area contributed by atoms with Crippen LogP contribution >= 0.6 is 0 Å². The van der Waals surface area contributed by atoms with Gasteiger partial charge in [0.15, 0.2) is 0 Å². The second-order valence-electron chi connectivity index (χ2n) is 3.39. The summed E-state index contributed by atoms with van der Waals surface area (Å²) in [5.74, 6) is -0.482. The maximum absolute atomic E-state index is 13.4. The number of nitrogens with zero attached hydrogens (tertiary/aromatic N) is 1. The molecule has 2 aromatic carbocycles. The third-order valence-corrected chi connectivity index (χ3v) is 2.38. The number of fused-ring (bicyclic) bond motifs is 1. The summed E-state index contributed by atoms with van der Waals surface area (Å²) in [4.78, 5) is 0. The van der Waals surface area contributed by atoms with Crippen molar-refractivity contribution in [1.82, 2.24) is 0 Å². The lowest BCUT2D eigenvalue weighted by molar-refractivity contribution is 0.481. The fourth-order valence-corrected chi connectivity index (χ4v) is 1.67. The molecular formula is C12H8FNO. The summed E-state index contributed by atoms with van der Waals surface area (Å²) in [5.41, 5.74) is 1.04. The van der Waals surface area contributed by atoms with Gasteiger partial charge >= 0.3 is 0 Å². The highest BCUT2D eigenvalue weighted by Gasteiger charge is 2.09. The Kier molecular flexibility index (Phi) is 2.05. The van der Waals surface area contributed by atoms with Crippen LogP contribution in [-0.2, 0) is 0 Å². The molecule has 0 aromatic heterocycles. The molecule has 0 unspecified atom stereocenters. The number of nitriles is 1. The quantitative estimate of drug-likeness (QED) is 0.712. The van der Waals surface area contributed by atoms with Gasteiger partial charge in [0.05, 0.1) is 11.6 Å². The molecular weight excluding hydrogens is 193 g/mol.